The molecule has 2 rings (SSSR count). The van der Waals surface area contributed by atoms with Crippen molar-refractivity contribution in [3.63, 3.8) is 0 Å². The van der Waals surface area contributed by atoms with E-state index in [1.807, 2.05) is 0 Å². The SMILES string of the molecule is COc1ccc(NC(=O)CCC(=O)NN=Cc2ccc([N+](=O)[O-])cc2)cc1. The normalized spacial score (nSPS) is 10.4. The summed E-state index contributed by atoms with van der Waals surface area (Å²) >= 11 is 0. The van der Waals surface area contributed by atoms with Gasteiger partial charge in [-0.3, -0.25) is 19.7 Å². The number of hydrogen-bond acceptors (Lipinski definition) is 6. The number of nitro benzene ring substituents is 1. The molecule has 2 aromatic rings. The van der Waals surface area contributed by atoms with Crippen molar-refractivity contribution in [3.05, 3.63) is 64.2 Å². The number of nitrogens with one attached hydrogen (secondary N) is 2. The molecule has 0 unspecified atom stereocenters. The molecule has 27 heavy (non-hydrogen) atoms. The van der Waals surface area contributed by atoms with Gasteiger partial charge >= 0.3 is 0 Å². The van der Waals surface area contributed by atoms with Gasteiger partial charge in [-0.2, -0.15) is 5.10 Å². The first-order chi connectivity index (χ1) is 13.0. The maximum Gasteiger partial charge on any atom is 0.269 e. The minimum atomic E-state index is -0.500. The van der Waals surface area contributed by atoms with Gasteiger partial charge in [-0.1, -0.05) is 0 Å². The van der Waals surface area contributed by atoms with Crippen LogP contribution in [0.15, 0.2) is 53.6 Å². The van der Waals surface area contributed by atoms with Crippen molar-refractivity contribution in [1.29, 1.82) is 0 Å². The highest BCUT2D eigenvalue weighted by atomic mass is 16.6. The van der Waals surface area contributed by atoms with Crippen LogP contribution in [0.5, 0.6) is 5.75 Å². The van der Waals surface area contributed by atoms with Crippen LogP contribution in [-0.2, 0) is 9.59 Å². The number of methoxy groups -OCH3 is 1. The van der Waals surface area contributed by atoms with Crippen LogP contribution in [0.2, 0.25) is 0 Å². The fourth-order valence-electron chi connectivity index (χ4n) is 2.04. The van der Waals surface area contributed by atoms with Crippen LogP contribution in [0.3, 0.4) is 0 Å². The number of nitrogens with zero attached hydrogens (tertiary/aromatic N) is 2. The number of benzene rings is 2. The molecule has 0 spiro atoms. The van der Waals surface area contributed by atoms with E-state index in [0.29, 0.717) is 17.0 Å². The molecule has 2 N–H and O–H groups in total. The third-order valence-electron chi connectivity index (χ3n) is 3.46. The second kappa shape index (κ2) is 9.66. The van der Waals surface area contributed by atoms with Crippen molar-refractivity contribution < 1.29 is 19.2 Å². The third kappa shape index (κ3) is 6.58. The average Bonchev–Trinajstić information content (AvgIpc) is 2.67. The number of hydrogen-bond donors (Lipinski definition) is 2. The van der Waals surface area contributed by atoms with Gasteiger partial charge in [-0.05, 0) is 42.0 Å². The summed E-state index contributed by atoms with van der Waals surface area (Å²) in [6, 6.07) is 12.5. The molecule has 0 bridgehead atoms. The molecule has 0 saturated heterocycles. The fraction of sp³-hybridized carbons (Fsp3) is 0.167. The zero-order valence-electron chi connectivity index (χ0n) is 14.5. The zero-order valence-corrected chi connectivity index (χ0v) is 14.5. The highest BCUT2D eigenvalue weighted by molar-refractivity contribution is 5.93. The molecule has 0 radical (unpaired) electrons. The quantitative estimate of drug-likeness (QED) is 0.420. The monoisotopic (exact) mass is 370 g/mol. The van der Waals surface area contributed by atoms with E-state index in [-0.39, 0.29) is 24.4 Å². The lowest BCUT2D eigenvalue weighted by atomic mass is 10.2. The van der Waals surface area contributed by atoms with Gasteiger partial charge < -0.3 is 10.1 Å². The Labute approximate surface area is 155 Å². The summed E-state index contributed by atoms with van der Waals surface area (Å²) in [4.78, 5) is 33.6. The number of anilines is 1. The zero-order chi connectivity index (χ0) is 19.6. The van der Waals surface area contributed by atoms with Gasteiger partial charge in [0, 0.05) is 30.7 Å². The van der Waals surface area contributed by atoms with Crippen molar-refractivity contribution >= 4 is 29.4 Å². The average molecular weight is 370 g/mol. The minimum Gasteiger partial charge on any atom is -0.497 e. The second-order valence-corrected chi connectivity index (χ2v) is 5.42. The molecule has 2 amide bonds. The minimum absolute atomic E-state index is 0.00488. The molecular formula is C18H18N4O5. The lowest BCUT2D eigenvalue weighted by Gasteiger charge is -2.06. The van der Waals surface area contributed by atoms with Crippen LogP contribution < -0.4 is 15.5 Å². The Balaban J connectivity index is 1.73. The van der Waals surface area contributed by atoms with Crippen molar-refractivity contribution in [3.8, 4) is 5.75 Å². The fourth-order valence-corrected chi connectivity index (χ4v) is 2.04. The maximum atomic E-state index is 11.8. The molecule has 0 aromatic heterocycles. The first-order valence-corrected chi connectivity index (χ1v) is 7.98. The maximum absolute atomic E-state index is 11.8. The molecule has 0 saturated carbocycles. The Morgan fingerprint density at radius 2 is 1.70 bits per heavy atom. The van der Waals surface area contributed by atoms with E-state index in [0.717, 1.165) is 0 Å². The molecule has 2 aromatic carbocycles. The van der Waals surface area contributed by atoms with E-state index in [1.165, 1.54) is 30.5 Å². The van der Waals surface area contributed by atoms with E-state index in [4.69, 9.17) is 4.74 Å². The van der Waals surface area contributed by atoms with Gasteiger partial charge in [-0.15, -0.1) is 0 Å². The summed E-state index contributed by atoms with van der Waals surface area (Å²) < 4.78 is 5.03. The topological polar surface area (TPSA) is 123 Å². The number of amides is 2. The highest BCUT2D eigenvalue weighted by Gasteiger charge is 2.07. The van der Waals surface area contributed by atoms with Gasteiger partial charge in [0.05, 0.1) is 18.2 Å². The Bertz CT molecular complexity index is 832. The predicted molar refractivity (Wildman–Crippen MR) is 99.7 cm³/mol. The molecule has 140 valence electrons. The molecule has 0 heterocycles. The summed E-state index contributed by atoms with van der Waals surface area (Å²) in [5, 5.41) is 17.0. The smallest absolute Gasteiger partial charge is 0.269 e. The molecular weight excluding hydrogens is 352 g/mol. The van der Waals surface area contributed by atoms with Crippen molar-refractivity contribution in [2.24, 2.45) is 5.10 Å². The van der Waals surface area contributed by atoms with Gasteiger partial charge in [0.2, 0.25) is 11.8 Å². The Morgan fingerprint density at radius 3 is 2.30 bits per heavy atom. The predicted octanol–water partition coefficient (Wildman–Crippen LogP) is 2.47. The van der Waals surface area contributed by atoms with E-state index in [2.05, 4.69) is 15.8 Å². The Morgan fingerprint density at radius 1 is 1.07 bits per heavy atom. The number of hydrazone groups is 1. The highest BCUT2D eigenvalue weighted by Crippen LogP contribution is 2.15. The first-order valence-electron chi connectivity index (χ1n) is 7.98. The summed E-state index contributed by atoms with van der Waals surface area (Å²) in [5.74, 6) is -0.0361. The van der Waals surface area contributed by atoms with E-state index >= 15 is 0 Å². The molecule has 9 heteroatoms. The van der Waals surface area contributed by atoms with Gasteiger partial charge in [0.15, 0.2) is 0 Å². The second-order valence-electron chi connectivity index (χ2n) is 5.42. The van der Waals surface area contributed by atoms with Crippen molar-refractivity contribution in [1.82, 2.24) is 5.43 Å². The van der Waals surface area contributed by atoms with Gasteiger partial charge in [-0.25, -0.2) is 5.43 Å². The Kier molecular flexibility index (Phi) is 7.00. The number of carbonyl (C=O) groups is 2. The van der Waals surface area contributed by atoms with E-state index < -0.39 is 10.8 Å². The molecule has 0 atom stereocenters. The van der Waals surface area contributed by atoms with Crippen molar-refractivity contribution in [2.45, 2.75) is 12.8 Å². The van der Waals surface area contributed by atoms with Crippen LogP contribution in [-0.4, -0.2) is 30.1 Å². The molecule has 9 nitrogen and oxygen atoms in total. The molecule has 0 aliphatic heterocycles. The van der Waals surface area contributed by atoms with Gasteiger partial charge in [0.25, 0.3) is 5.69 Å². The summed E-state index contributed by atoms with van der Waals surface area (Å²) in [6.45, 7) is 0. The van der Waals surface area contributed by atoms with E-state index in [9.17, 15) is 19.7 Å². The van der Waals surface area contributed by atoms with Crippen molar-refractivity contribution in [2.75, 3.05) is 12.4 Å². The van der Waals surface area contributed by atoms with Crippen LogP contribution in [0.4, 0.5) is 11.4 Å². The number of non-ortho nitro benzene ring substituents is 1. The summed E-state index contributed by atoms with van der Waals surface area (Å²) in [6.07, 6.45) is 1.34. The molecule has 0 aliphatic carbocycles. The lowest BCUT2D eigenvalue weighted by molar-refractivity contribution is -0.384. The van der Waals surface area contributed by atoms with Crippen LogP contribution in [0.25, 0.3) is 0 Å². The van der Waals surface area contributed by atoms with Gasteiger partial charge in [0.1, 0.15) is 5.75 Å². The number of rotatable bonds is 8. The standard InChI is InChI=1S/C18H18N4O5/c1-27-16-8-4-14(5-9-16)20-17(23)10-11-18(24)21-19-12-13-2-6-15(7-3-13)22(25)26/h2-9,12H,10-11H2,1H3,(H,20,23)(H,21,24). The lowest BCUT2D eigenvalue weighted by Crippen LogP contribution is -2.20. The van der Waals surface area contributed by atoms with Crippen LogP contribution in [0.1, 0.15) is 18.4 Å². The molecule has 0 fully saturated rings. The number of nitro groups is 1. The summed E-state index contributed by atoms with van der Waals surface area (Å²) in [7, 11) is 1.55. The summed E-state index contributed by atoms with van der Waals surface area (Å²) in [5.41, 5.74) is 3.48. The first kappa shape index (κ1) is 19.6. The molecule has 0 aliphatic rings. The van der Waals surface area contributed by atoms with Crippen LogP contribution >= 0.6 is 0 Å². The third-order valence-corrected chi connectivity index (χ3v) is 3.46. The Hall–Kier alpha value is -3.75. The van der Waals surface area contributed by atoms with E-state index in [1.54, 1.807) is 31.4 Å². The largest absolute Gasteiger partial charge is 0.497 e. The van der Waals surface area contributed by atoms with Crippen LogP contribution in [0, 0.1) is 10.1 Å². The number of ether oxygens (including phenoxy) is 1. The number of carbonyl (C=O) groups excluding carboxylic acids is 2.